The molecule has 7 nitrogen and oxygen atoms in total. The molecule has 0 atom stereocenters. The van der Waals surface area contributed by atoms with E-state index in [0.717, 1.165) is 5.56 Å². The van der Waals surface area contributed by atoms with Gasteiger partial charge in [-0.3, -0.25) is 4.79 Å². The number of ketones is 1. The molecule has 3 aromatic rings. The van der Waals surface area contributed by atoms with E-state index in [1.165, 1.54) is 14.2 Å². The molecule has 2 aromatic carbocycles. The van der Waals surface area contributed by atoms with Gasteiger partial charge in [0.2, 0.25) is 0 Å². The van der Waals surface area contributed by atoms with Gasteiger partial charge in [0.1, 0.15) is 5.82 Å². The van der Waals surface area contributed by atoms with Crippen LogP contribution in [0.2, 0.25) is 5.02 Å². The van der Waals surface area contributed by atoms with Crippen molar-refractivity contribution in [2.24, 2.45) is 0 Å². The highest BCUT2D eigenvalue weighted by Gasteiger charge is 2.24. The Bertz CT molecular complexity index is 1020. The molecule has 0 bridgehead atoms. The first kappa shape index (κ1) is 20.3. The molecular weight excluding hydrogens is 396 g/mol. The van der Waals surface area contributed by atoms with Crippen molar-refractivity contribution in [2.45, 2.75) is 6.42 Å². The Hall–Kier alpha value is -3.45. The van der Waals surface area contributed by atoms with Gasteiger partial charge in [0.15, 0.2) is 17.2 Å². The number of carbonyl (C=O) groups is 3. The molecule has 0 aliphatic heterocycles. The second-order valence-electron chi connectivity index (χ2n) is 6.10. The molecule has 0 unspecified atom stereocenters. The van der Waals surface area contributed by atoms with Gasteiger partial charge < -0.3 is 14.5 Å². The number of rotatable bonds is 6. The number of aromatic nitrogens is 2. The molecule has 1 aromatic heterocycles. The highest BCUT2D eigenvalue weighted by atomic mass is 35.5. The van der Waals surface area contributed by atoms with Crippen molar-refractivity contribution in [1.82, 2.24) is 9.97 Å². The number of methoxy groups -OCH3 is 2. The fourth-order valence-electron chi connectivity index (χ4n) is 2.74. The third-order valence-electron chi connectivity index (χ3n) is 4.22. The number of hydrogen-bond acceptors (Lipinski definition) is 6. The summed E-state index contributed by atoms with van der Waals surface area (Å²) in [6.45, 7) is 0. The second kappa shape index (κ2) is 8.70. The standard InChI is InChI=1S/C21H17ClN2O5/c1-28-20(26)17-18(21(27)29-2)24-16(23-17)11-12-3-5-13(6-4-12)19(25)14-7-9-15(22)10-8-14/h3-10H,11H2,1-2H3,(H,23,24). The van der Waals surface area contributed by atoms with E-state index < -0.39 is 11.9 Å². The van der Waals surface area contributed by atoms with Crippen molar-refractivity contribution in [3.63, 3.8) is 0 Å². The van der Waals surface area contributed by atoms with Crippen molar-refractivity contribution in [3.8, 4) is 0 Å². The third-order valence-corrected chi connectivity index (χ3v) is 4.47. The average molecular weight is 413 g/mol. The van der Waals surface area contributed by atoms with Crippen LogP contribution in [-0.4, -0.2) is 41.9 Å². The lowest BCUT2D eigenvalue weighted by atomic mass is 10.0. The van der Waals surface area contributed by atoms with Crippen LogP contribution in [0.4, 0.5) is 0 Å². The molecule has 1 N–H and O–H groups in total. The smallest absolute Gasteiger partial charge is 0.359 e. The maximum absolute atomic E-state index is 12.5. The summed E-state index contributed by atoms with van der Waals surface area (Å²) in [7, 11) is 2.41. The lowest BCUT2D eigenvalue weighted by molar-refractivity contribution is 0.0548. The number of halogens is 1. The summed E-state index contributed by atoms with van der Waals surface area (Å²) in [5.74, 6) is -1.18. The van der Waals surface area contributed by atoms with Crippen molar-refractivity contribution >= 4 is 29.3 Å². The van der Waals surface area contributed by atoms with Crippen molar-refractivity contribution in [3.05, 3.63) is 87.5 Å². The van der Waals surface area contributed by atoms with Crippen LogP contribution in [0.3, 0.4) is 0 Å². The van der Waals surface area contributed by atoms with Crippen LogP contribution >= 0.6 is 11.6 Å². The molecule has 0 radical (unpaired) electrons. The normalized spacial score (nSPS) is 10.4. The predicted molar refractivity (Wildman–Crippen MR) is 105 cm³/mol. The number of benzene rings is 2. The first-order valence-corrected chi connectivity index (χ1v) is 8.95. The molecular formula is C21H17ClN2O5. The zero-order chi connectivity index (χ0) is 21.0. The first-order valence-electron chi connectivity index (χ1n) is 8.57. The molecule has 148 valence electrons. The minimum Gasteiger partial charge on any atom is -0.464 e. The van der Waals surface area contributed by atoms with Gasteiger partial charge in [0.25, 0.3) is 0 Å². The van der Waals surface area contributed by atoms with Gasteiger partial charge in [0, 0.05) is 22.6 Å². The Morgan fingerprint density at radius 3 is 2.00 bits per heavy atom. The minimum absolute atomic E-state index is 0.0658. The van der Waals surface area contributed by atoms with Crippen LogP contribution in [0, 0.1) is 0 Å². The number of nitrogens with zero attached hydrogens (tertiary/aromatic N) is 1. The van der Waals surface area contributed by atoms with E-state index in [4.69, 9.17) is 11.6 Å². The van der Waals surface area contributed by atoms with Crippen molar-refractivity contribution in [1.29, 1.82) is 0 Å². The van der Waals surface area contributed by atoms with Crippen molar-refractivity contribution < 1.29 is 23.9 Å². The Kier molecular flexibility index (Phi) is 6.09. The number of ether oxygens (including phenoxy) is 2. The van der Waals surface area contributed by atoms with Crippen LogP contribution in [0.25, 0.3) is 0 Å². The van der Waals surface area contributed by atoms with Gasteiger partial charge in [-0.05, 0) is 29.8 Å². The third kappa shape index (κ3) is 4.52. The Labute approximate surface area is 171 Å². The van der Waals surface area contributed by atoms with Gasteiger partial charge in [-0.1, -0.05) is 35.9 Å². The second-order valence-corrected chi connectivity index (χ2v) is 6.54. The van der Waals surface area contributed by atoms with E-state index >= 15 is 0 Å². The number of nitrogens with one attached hydrogen (secondary N) is 1. The maximum atomic E-state index is 12.5. The van der Waals surface area contributed by atoms with Crippen LogP contribution in [0.5, 0.6) is 0 Å². The Morgan fingerprint density at radius 2 is 1.45 bits per heavy atom. The van der Waals surface area contributed by atoms with Crippen LogP contribution in [0.15, 0.2) is 48.5 Å². The fraction of sp³-hybridized carbons (Fsp3) is 0.143. The molecule has 0 aliphatic rings. The maximum Gasteiger partial charge on any atom is 0.359 e. The number of carbonyl (C=O) groups excluding carboxylic acids is 3. The van der Waals surface area contributed by atoms with Gasteiger partial charge in [0.05, 0.1) is 14.2 Å². The van der Waals surface area contributed by atoms with Crippen LogP contribution in [-0.2, 0) is 15.9 Å². The van der Waals surface area contributed by atoms with Gasteiger partial charge in [-0.25, -0.2) is 14.6 Å². The summed E-state index contributed by atoms with van der Waals surface area (Å²) in [5, 5.41) is 0.563. The Morgan fingerprint density at radius 1 is 0.897 bits per heavy atom. The van der Waals surface area contributed by atoms with Crippen LogP contribution in [0.1, 0.15) is 48.3 Å². The first-order chi connectivity index (χ1) is 13.9. The summed E-state index contributed by atoms with van der Waals surface area (Å²) in [6.07, 6.45) is 0.316. The summed E-state index contributed by atoms with van der Waals surface area (Å²) >= 11 is 5.85. The Balaban J connectivity index is 1.80. The monoisotopic (exact) mass is 412 g/mol. The fourth-order valence-corrected chi connectivity index (χ4v) is 2.86. The predicted octanol–water partition coefficient (Wildman–Crippen LogP) is 3.46. The van der Waals surface area contributed by atoms with Crippen LogP contribution < -0.4 is 0 Å². The molecule has 8 heteroatoms. The summed E-state index contributed by atoms with van der Waals surface area (Å²) in [4.78, 5) is 43.2. The van der Waals surface area contributed by atoms with E-state index in [2.05, 4.69) is 19.4 Å². The number of H-pyrrole nitrogens is 1. The highest BCUT2D eigenvalue weighted by molar-refractivity contribution is 6.30. The molecule has 3 rings (SSSR count). The van der Waals surface area contributed by atoms with E-state index in [0.29, 0.717) is 28.4 Å². The average Bonchev–Trinajstić information content (AvgIpc) is 3.17. The van der Waals surface area contributed by atoms with E-state index in [1.54, 1.807) is 48.5 Å². The molecule has 1 heterocycles. The lowest BCUT2D eigenvalue weighted by Crippen LogP contribution is -2.11. The van der Waals surface area contributed by atoms with Gasteiger partial charge in [-0.15, -0.1) is 0 Å². The topological polar surface area (TPSA) is 98.4 Å². The molecule has 0 saturated heterocycles. The van der Waals surface area contributed by atoms with Gasteiger partial charge >= 0.3 is 11.9 Å². The summed E-state index contributed by atoms with van der Waals surface area (Å²) in [6, 6.07) is 13.6. The zero-order valence-electron chi connectivity index (χ0n) is 15.7. The molecule has 0 saturated carbocycles. The summed E-state index contributed by atoms with van der Waals surface area (Å²) in [5.41, 5.74) is 1.70. The molecule has 0 spiro atoms. The SMILES string of the molecule is COC(=O)c1nc(Cc2ccc(C(=O)c3ccc(Cl)cc3)cc2)[nH]c1C(=O)OC. The van der Waals surface area contributed by atoms with E-state index in [-0.39, 0.29) is 17.2 Å². The largest absolute Gasteiger partial charge is 0.464 e. The lowest BCUT2D eigenvalue weighted by Gasteiger charge is -2.04. The molecule has 29 heavy (non-hydrogen) atoms. The minimum atomic E-state index is -0.739. The molecule has 0 amide bonds. The molecule has 0 aliphatic carbocycles. The number of hydrogen-bond donors (Lipinski definition) is 1. The van der Waals surface area contributed by atoms with E-state index in [9.17, 15) is 14.4 Å². The van der Waals surface area contributed by atoms with Crippen molar-refractivity contribution in [2.75, 3.05) is 14.2 Å². The number of imidazole rings is 1. The van der Waals surface area contributed by atoms with Gasteiger partial charge in [-0.2, -0.15) is 0 Å². The number of aromatic amines is 1. The number of esters is 2. The van der Waals surface area contributed by atoms with E-state index in [1.807, 2.05) is 0 Å². The molecule has 0 fully saturated rings. The highest BCUT2D eigenvalue weighted by Crippen LogP contribution is 2.17. The summed E-state index contributed by atoms with van der Waals surface area (Å²) < 4.78 is 9.31. The zero-order valence-corrected chi connectivity index (χ0v) is 16.4. The quantitative estimate of drug-likeness (QED) is 0.491.